The minimum Gasteiger partial charge on any atom is -0.477 e. The van der Waals surface area contributed by atoms with E-state index in [2.05, 4.69) is 33.6 Å². The second-order valence-electron chi connectivity index (χ2n) is 6.39. The SMILES string of the molecule is CCN(CC)CCCOc1ccc2ncc(-c3ccc(OC(F)(F)F)cc3)n2n1. The number of nitrogens with zero attached hydrogens (tertiary/aromatic N) is 4. The third-order valence-corrected chi connectivity index (χ3v) is 4.48. The Kier molecular flexibility index (Phi) is 6.58. The van der Waals surface area contributed by atoms with Crippen LogP contribution in [0.25, 0.3) is 16.9 Å². The quantitative estimate of drug-likeness (QED) is 0.491. The molecule has 1 aromatic carbocycles. The van der Waals surface area contributed by atoms with Crippen molar-refractivity contribution in [2.75, 3.05) is 26.2 Å². The van der Waals surface area contributed by atoms with Gasteiger partial charge in [0.15, 0.2) is 5.65 Å². The predicted molar refractivity (Wildman–Crippen MR) is 103 cm³/mol. The zero-order chi connectivity index (χ0) is 20.9. The highest BCUT2D eigenvalue weighted by Crippen LogP contribution is 2.27. The van der Waals surface area contributed by atoms with Gasteiger partial charge in [0.25, 0.3) is 0 Å². The summed E-state index contributed by atoms with van der Waals surface area (Å²) < 4.78 is 48.2. The first-order chi connectivity index (χ1) is 13.9. The first-order valence-corrected chi connectivity index (χ1v) is 9.45. The lowest BCUT2D eigenvalue weighted by Gasteiger charge is -2.17. The normalized spacial score (nSPS) is 11.9. The molecule has 0 aliphatic rings. The van der Waals surface area contributed by atoms with Crippen molar-refractivity contribution in [1.29, 1.82) is 0 Å². The van der Waals surface area contributed by atoms with Gasteiger partial charge in [-0.2, -0.15) is 0 Å². The Morgan fingerprint density at radius 3 is 2.41 bits per heavy atom. The van der Waals surface area contributed by atoms with Crippen LogP contribution in [0, 0.1) is 0 Å². The van der Waals surface area contributed by atoms with Crippen molar-refractivity contribution in [3.05, 3.63) is 42.6 Å². The number of hydrogen-bond donors (Lipinski definition) is 0. The summed E-state index contributed by atoms with van der Waals surface area (Å²) in [6.07, 6.45) is -2.21. The van der Waals surface area contributed by atoms with E-state index in [1.54, 1.807) is 22.8 Å². The van der Waals surface area contributed by atoms with Crippen LogP contribution in [-0.2, 0) is 0 Å². The zero-order valence-corrected chi connectivity index (χ0v) is 16.3. The highest BCUT2D eigenvalue weighted by atomic mass is 19.4. The minimum absolute atomic E-state index is 0.278. The van der Waals surface area contributed by atoms with Crippen molar-refractivity contribution in [1.82, 2.24) is 19.5 Å². The Labute approximate surface area is 166 Å². The Morgan fingerprint density at radius 1 is 1.03 bits per heavy atom. The average molecular weight is 408 g/mol. The summed E-state index contributed by atoms with van der Waals surface area (Å²) in [6.45, 7) is 7.77. The molecule has 0 unspecified atom stereocenters. The summed E-state index contributed by atoms with van der Waals surface area (Å²) in [5.74, 6) is 0.188. The van der Waals surface area contributed by atoms with E-state index < -0.39 is 6.36 Å². The Hall–Kier alpha value is -2.81. The third kappa shape index (κ3) is 5.60. The van der Waals surface area contributed by atoms with Crippen LogP contribution in [0.1, 0.15) is 20.3 Å². The summed E-state index contributed by atoms with van der Waals surface area (Å²) >= 11 is 0. The molecule has 0 saturated carbocycles. The van der Waals surface area contributed by atoms with Crippen LogP contribution in [0.15, 0.2) is 42.6 Å². The number of halogens is 3. The molecule has 0 fully saturated rings. The number of hydrogen-bond acceptors (Lipinski definition) is 5. The highest BCUT2D eigenvalue weighted by molar-refractivity contribution is 5.63. The van der Waals surface area contributed by atoms with Crippen LogP contribution in [0.3, 0.4) is 0 Å². The van der Waals surface area contributed by atoms with Crippen LogP contribution < -0.4 is 9.47 Å². The molecular formula is C20H23F3N4O2. The van der Waals surface area contributed by atoms with E-state index in [1.807, 2.05) is 0 Å². The van der Waals surface area contributed by atoms with Crippen molar-refractivity contribution >= 4 is 5.65 Å². The van der Waals surface area contributed by atoms with Crippen molar-refractivity contribution in [3.63, 3.8) is 0 Å². The molecule has 29 heavy (non-hydrogen) atoms. The van der Waals surface area contributed by atoms with Crippen LogP contribution >= 0.6 is 0 Å². The first kappa shape index (κ1) is 20.9. The molecule has 0 aliphatic heterocycles. The van der Waals surface area contributed by atoms with E-state index in [0.29, 0.717) is 29.4 Å². The summed E-state index contributed by atoms with van der Waals surface area (Å²) in [5.41, 5.74) is 1.93. The number of rotatable bonds is 9. The summed E-state index contributed by atoms with van der Waals surface area (Å²) in [7, 11) is 0. The van der Waals surface area contributed by atoms with Gasteiger partial charge in [0.2, 0.25) is 5.88 Å². The summed E-state index contributed by atoms with van der Waals surface area (Å²) in [5, 5.41) is 4.46. The molecule has 3 rings (SSSR count). The Bertz CT molecular complexity index is 922. The van der Waals surface area contributed by atoms with E-state index in [4.69, 9.17) is 4.74 Å². The Morgan fingerprint density at radius 2 is 1.76 bits per heavy atom. The van der Waals surface area contributed by atoms with E-state index in [1.165, 1.54) is 24.3 Å². The average Bonchev–Trinajstić information content (AvgIpc) is 3.11. The molecule has 0 spiro atoms. The fourth-order valence-corrected chi connectivity index (χ4v) is 2.96. The number of fused-ring (bicyclic) bond motifs is 1. The largest absolute Gasteiger partial charge is 0.573 e. The summed E-state index contributed by atoms with van der Waals surface area (Å²) in [4.78, 5) is 6.61. The van der Waals surface area contributed by atoms with E-state index in [0.717, 1.165) is 26.1 Å². The lowest BCUT2D eigenvalue weighted by Crippen LogP contribution is -2.25. The number of benzene rings is 1. The Balaban J connectivity index is 1.70. The van der Waals surface area contributed by atoms with Crippen LogP contribution in [0.4, 0.5) is 13.2 Å². The maximum absolute atomic E-state index is 12.3. The minimum atomic E-state index is -4.72. The molecule has 0 atom stereocenters. The fourth-order valence-electron chi connectivity index (χ4n) is 2.96. The van der Waals surface area contributed by atoms with E-state index in [9.17, 15) is 13.2 Å². The topological polar surface area (TPSA) is 51.9 Å². The van der Waals surface area contributed by atoms with Gasteiger partial charge in [0, 0.05) is 18.2 Å². The van der Waals surface area contributed by atoms with E-state index in [-0.39, 0.29) is 5.75 Å². The molecule has 0 aliphatic carbocycles. The maximum Gasteiger partial charge on any atom is 0.573 e. The predicted octanol–water partition coefficient (Wildman–Crippen LogP) is 4.41. The standard InChI is InChI=1S/C20H23F3N4O2/c1-3-26(4-2)12-5-13-28-19-11-10-18-24-14-17(27(18)25-19)15-6-8-16(9-7-15)29-20(21,22)23/h6-11,14H,3-5,12-13H2,1-2H3. The molecule has 0 radical (unpaired) electrons. The van der Waals surface area contributed by atoms with Crippen LogP contribution in [-0.4, -0.2) is 52.1 Å². The van der Waals surface area contributed by atoms with Gasteiger partial charge in [-0.1, -0.05) is 13.8 Å². The third-order valence-electron chi connectivity index (χ3n) is 4.48. The molecule has 0 bridgehead atoms. The van der Waals surface area contributed by atoms with Crippen LogP contribution in [0.2, 0.25) is 0 Å². The number of imidazole rings is 1. The van der Waals surface area contributed by atoms with Gasteiger partial charge in [0.1, 0.15) is 5.75 Å². The molecule has 0 amide bonds. The zero-order valence-electron chi connectivity index (χ0n) is 16.3. The van der Waals surface area contributed by atoms with Gasteiger partial charge in [0.05, 0.1) is 18.5 Å². The molecule has 9 heteroatoms. The van der Waals surface area contributed by atoms with Gasteiger partial charge in [-0.3, -0.25) is 0 Å². The fraction of sp³-hybridized carbons (Fsp3) is 0.400. The molecule has 6 nitrogen and oxygen atoms in total. The molecule has 3 aromatic rings. The molecule has 2 heterocycles. The van der Waals surface area contributed by atoms with Gasteiger partial charge < -0.3 is 14.4 Å². The van der Waals surface area contributed by atoms with E-state index >= 15 is 0 Å². The number of alkyl halides is 3. The second-order valence-corrected chi connectivity index (χ2v) is 6.39. The number of ether oxygens (including phenoxy) is 2. The van der Waals surface area contributed by atoms with Crippen molar-refractivity contribution in [2.24, 2.45) is 0 Å². The lowest BCUT2D eigenvalue weighted by atomic mass is 10.1. The van der Waals surface area contributed by atoms with Crippen LogP contribution in [0.5, 0.6) is 11.6 Å². The smallest absolute Gasteiger partial charge is 0.477 e. The monoisotopic (exact) mass is 408 g/mol. The van der Waals surface area contributed by atoms with Gasteiger partial charge in [-0.15, -0.1) is 18.3 Å². The van der Waals surface area contributed by atoms with Gasteiger partial charge in [-0.25, -0.2) is 9.50 Å². The molecule has 156 valence electrons. The van der Waals surface area contributed by atoms with Gasteiger partial charge in [-0.05, 0) is 49.8 Å². The van der Waals surface area contributed by atoms with Crippen molar-refractivity contribution in [3.8, 4) is 22.9 Å². The molecule has 0 N–H and O–H groups in total. The van der Waals surface area contributed by atoms with Crippen molar-refractivity contribution < 1.29 is 22.6 Å². The number of aromatic nitrogens is 3. The highest BCUT2D eigenvalue weighted by Gasteiger charge is 2.31. The lowest BCUT2D eigenvalue weighted by molar-refractivity contribution is -0.274. The van der Waals surface area contributed by atoms with Crippen molar-refractivity contribution in [2.45, 2.75) is 26.6 Å². The maximum atomic E-state index is 12.3. The molecule has 2 aromatic heterocycles. The molecular weight excluding hydrogens is 385 g/mol. The summed E-state index contributed by atoms with van der Waals surface area (Å²) in [6, 6.07) is 9.13. The van der Waals surface area contributed by atoms with Gasteiger partial charge >= 0.3 is 6.36 Å². The second kappa shape index (κ2) is 9.13. The first-order valence-electron chi connectivity index (χ1n) is 9.45. The molecule has 0 saturated heterocycles.